The molecule has 1 aromatic rings. The molecular weight excluding hydrogens is 188 g/mol. The summed E-state index contributed by atoms with van der Waals surface area (Å²) in [6.07, 6.45) is 0. The van der Waals surface area contributed by atoms with Crippen LogP contribution in [0, 0.1) is 10.1 Å². The zero-order valence-electron chi connectivity index (χ0n) is 7.14. The summed E-state index contributed by atoms with van der Waals surface area (Å²) in [4.78, 5) is 20.5. The summed E-state index contributed by atoms with van der Waals surface area (Å²) in [5.41, 5.74) is 4.76. The van der Waals surface area contributed by atoms with Crippen molar-refractivity contribution >= 4 is 11.7 Å². The van der Waals surface area contributed by atoms with Gasteiger partial charge in [-0.05, 0) is 5.56 Å². The van der Waals surface area contributed by atoms with Gasteiger partial charge in [-0.1, -0.05) is 12.1 Å². The Hall–Kier alpha value is -1.95. The summed E-state index contributed by atoms with van der Waals surface area (Å²) in [7, 11) is 0. The van der Waals surface area contributed by atoms with Crippen LogP contribution in [0.4, 0.5) is 5.69 Å². The maximum atomic E-state index is 10.7. The van der Waals surface area contributed by atoms with Crippen LogP contribution in [-0.2, 0) is 6.54 Å². The van der Waals surface area contributed by atoms with Crippen LogP contribution in [0.1, 0.15) is 15.9 Å². The molecular formula is C8H8N2O4. The fraction of sp³-hybridized carbons (Fsp3) is 0.125. The van der Waals surface area contributed by atoms with E-state index in [1.807, 2.05) is 0 Å². The summed E-state index contributed by atoms with van der Waals surface area (Å²) in [5, 5.41) is 19.3. The highest BCUT2D eigenvalue weighted by Crippen LogP contribution is 2.21. The Bertz CT molecular complexity index is 389. The van der Waals surface area contributed by atoms with E-state index in [2.05, 4.69) is 0 Å². The van der Waals surface area contributed by atoms with Crippen LogP contribution in [0.5, 0.6) is 0 Å². The third kappa shape index (κ3) is 1.69. The van der Waals surface area contributed by atoms with Gasteiger partial charge >= 0.3 is 5.97 Å². The molecule has 0 aromatic heterocycles. The van der Waals surface area contributed by atoms with E-state index in [1.165, 1.54) is 12.1 Å². The Morgan fingerprint density at radius 1 is 1.57 bits per heavy atom. The molecule has 0 saturated carbocycles. The number of hydrogen-bond donors (Lipinski definition) is 2. The first-order valence-corrected chi connectivity index (χ1v) is 3.77. The molecule has 3 N–H and O–H groups in total. The van der Waals surface area contributed by atoms with Crippen LogP contribution in [-0.4, -0.2) is 16.0 Å². The fourth-order valence-electron chi connectivity index (χ4n) is 1.16. The molecule has 0 heterocycles. The zero-order chi connectivity index (χ0) is 10.7. The van der Waals surface area contributed by atoms with Crippen molar-refractivity contribution in [1.82, 2.24) is 0 Å². The summed E-state index contributed by atoms with van der Waals surface area (Å²) in [5.74, 6) is -1.34. The quantitative estimate of drug-likeness (QED) is 0.548. The first-order valence-electron chi connectivity index (χ1n) is 3.77. The number of nitro groups is 1. The average molecular weight is 196 g/mol. The minimum Gasteiger partial charge on any atom is -0.477 e. The molecule has 1 aromatic carbocycles. The summed E-state index contributed by atoms with van der Waals surface area (Å²) < 4.78 is 0. The SMILES string of the molecule is NCc1cccc([N+](=O)[O-])c1C(=O)O. The number of rotatable bonds is 3. The van der Waals surface area contributed by atoms with Gasteiger partial charge in [-0.15, -0.1) is 0 Å². The minimum absolute atomic E-state index is 0.0384. The Labute approximate surface area is 79.1 Å². The largest absolute Gasteiger partial charge is 0.477 e. The van der Waals surface area contributed by atoms with Gasteiger partial charge in [0.25, 0.3) is 5.69 Å². The van der Waals surface area contributed by atoms with E-state index in [0.717, 1.165) is 6.07 Å². The lowest BCUT2D eigenvalue weighted by Crippen LogP contribution is -2.09. The molecule has 0 bridgehead atoms. The van der Waals surface area contributed by atoms with Crippen molar-refractivity contribution in [3.05, 3.63) is 39.4 Å². The van der Waals surface area contributed by atoms with Crippen molar-refractivity contribution in [3.63, 3.8) is 0 Å². The number of nitrogens with zero attached hydrogens (tertiary/aromatic N) is 1. The van der Waals surface area contributed by atoms with Crippen LogP contribution in [0.2, 0.25) is 0 Å². The smallest absolute Gasteiger partial charge is 0.343 e. The van der Waals surface area contributed by atoms with Gasteiger partial charge < -0.3 is 10.8 Å². The topological polar surface area (TPSA) is 106 Å². The summed E-state index contributed by atoms with van der Waals surface area (Å²) in [6, 6.07) is 4.01. The molecule has 6 nitrogen and oxygen atoms in total. The van der Waals surface area contributed by atoms with Crippen molar-refractivity contribution in [3.8, 4) is 0 Å². The van der Waals surface area contributed by atoms with Gasteiger partial charge in [0.1, 0.15) is 5.56 Å². The van der Waals surface area contributed by atoms with Gasteiger partial charge in [-0.3, -0.25) is 10.1 Å². The molecule has 0 saturated heterocycles. The van der Waals surface area contributed by atoms with Crippen LogP contribution in [0.15, 0.2) is 18.2 Å². The number of hydrogen-bond acceptors (Lipinski definition) is 4. The predicted molar refractivity (Wildman–Crippen MR) is 47.9 cm³/mol. The second-order valence-corrected chi connectivity index (χ2v) is 2.58. The Kier molecular flexibility index (Phi) is 2.78. The summed E-state index contributed by atoms with van der Waals surface area (Å²) in [6.45, 7) is -0.0384. The lowest BCUT2D eigenvalue weighted by Gasteiger charge is -2.02. The van der Waals surface area contributed by atoms with Gasteiger partial charge in [0.2, 0.25) is 0 Å². The van der Waals surface area contributed by atoms with E-state index in [1.54, 1.807) is 0 Å². The van der Waals surface area contributed by atoms with E-state index in [9.17, 15) is 14.9 Å². The third-order valence-corrected chi connectivity index (χ3v) is 1.76. The lowest BCUT2D eigenvalue weighted by atomic mass is 10.1. The predicted octanol–water partition coefficient (Wildman–Crippen LogP) is 0.752. The second-order valence-electron chi connectivity index (χ2n) is 2.58. The molecule has 0 atom stereocenters. The normalized spacial score (nSPS) is 9.79. The molecule has 0 aliphatic rings. The van der Waals surface area contributed by atoms with E-state index in [4.69, 9.17) is 10.8 Å². The highest BCUT2D eigenvalue weighted by atomic mass is 16.6. The third-order valence-electron chi connectivity index (χ3n) is 1.76. The molecule has 74 valence electrons. The van der Waals surface area contributed by atoms with E-state index < -0.39 is 16.6 Å². The Morgan fingerprint density at radius 3 is 2.64 bits per heavy atom. The molecule has 0 unspecified atom stereocenters. The van der Waals surface area contributed by atoms with Crippen molar-refractivity contribution in [1.29, 1.82) is 0 Å². The van der Waals surface area contributed by atoms with Gasteiger partial charge in [-0.25, -0.2) is 4.79 Å². The average Bonchev–Trinajstić information content (AvgIpc) is 2.16. The highest BCUT2D eigenvalue weighted by Gasteiger charge is 2.22. The lowest BCUT2D eigenvalue weighted by molar-refractivity contribution is -0.385. The van der Waals surface area contributed by atoms with Crippen molar-refractivity contribution in [2.24, 2.45) is 5.73 Å². The number of nitrogens with two attached hydrogens (primary N) is 1. The number of aromatic carboxylic acids is 1. The molecule has 14 heavy (non-hydrogen) atoms. The number of benzene rings is 1. The first kappa shape index (κ1) is 10.1. The molecule has 6 heteroatoms. The number of carboxylic acid groups (broad SMARTS) is 1. The van der Waals surface area contributed by atoms with Crippen LogP contribution in [0.25, 0.3) is 0 Å². The molecule has 0 aliphatic carbocycles. The number of nitro benzene ring substituents is 1. The van der Waals surface area contributed by atoms with E-state index >= 15 is 0 Å². The van der Waals surface area contributed by atoms with Gasteiger partial charge in [-0.2, -0.15) is 0 Å². The van der Waals surface area contributed by atoms with E-state index in [0.29, 0.717) is 0 Å². The number of carbonyl (C=O) groups is 1. The van der Waals surface area contributed by atoms with Gasteiger partial charge in [0, 0.05) is 12.6 Å². The Balaban J connectivity index is 3.43. The van der Waals surface area contributed by atoms with Crippen LogP contribution >= 0.6 is 0 Å². The summed E-state index contributed by atoms with van der Waals surface area (Å²) >= 11 is 0. The Morgan fingerprint density at radius 2 is 2.21 bits per heavy atom. The minimum atomic E-state index is -1.34. The number of carboxylic acids is 1. The van der Waals surface area contributed by atoms with Crippen molar-refractivity contribution < 1.29 is 14.8 Å². The maximum absolute atomic E-state index is 10.7. The van der Waals surface area contributed by atoms with Crippen LogP contribution < -0.4 is 5.73 Å². The van der Waals surface area contributed by atoms with E-state index in [-0.39, 0.29) is 17.7 Å². The standard InChI is InChI=1S/C8H8N2O4/c9-4-5-2-1-3-6(10(13)14)7(5)8(11)12/h1-3H,4,9H2,(H,11,12). The van der Waals surface area contributed by atoms with Crippen LogP contribution in [0.3, 0.4) is 0 Å². The fourth-order valence-corrected chi connectivity index (χ4v) is 1.16. The molecule has 0 spiro atoms. The monoisotopic (exact) mass is 196 g/mol. The maximum Gasteiger partial charge on any atom is 0.343 e. The molecule has 0 aliphatic heterocycles. The van der Waals surface area contributed by atoms with Gasteiger partial charge in [0.05, 0.1) is 4.92 Å². The van der Waals surface area contributed by atoms with Crippen molar-refractivity contribution in [2.75, 3.05) is 0 Å². The molecule has 1 rings (SSSR count). The molecule has 0 amide bonds. The highest BCUT2D eigenvalue weighted by molar-refractivity contribution is 5.94. The van der Waals surface area contributed by atoms with Crippen molar-refractivity contribution in [2.45, 2.75) is 6.54 Å². The molecule has 0 radical (unpaired) electrons. The van der Waals surface area contributed by atoms with Gasteiger partial charge in [0.15, 0.2) is 0 Å². The second kappa shape index (κ2) is 3.84. The first-order chi connectivity index (χ1) is 6.57. The zero-order valence-corrected chi connectivity index (χ0v) is 7.14. The molecule has 0 fully saturated rings.